The van der Waals surface area contributed by atoms with E-state index in [0.29, 0.717) is 18.8 Å². The summed E-state index contributed by atoms with van der Waals surface area (Å²) in [5, 5.41) is 12.5. The molecule has 0 radical (unpaired) electrons. The number of amides is 2. The number of primary amides is 1. The summed E-state index contributed by atoms with van der Waals surface area (Å²) in [6.07, 6.45) is 1.52. The molecule has 6 heteroatoms. The third-order valence-corrected chi connectivity index (χ3v) is 2.09. The Morgan fingerprint density at radius 1 is 1.38 bits per heavy atom. The first kappa shape index (κ1) is 14.4. The van der Waals surface area contributed by atoms with E-state index in [1.807, 2.05) is 0 Å². The van der Waals surface area contributed by atoms with Crippen LogP contribution in [0.2, 0.25) is 0 Å². The fraction of sp³-hybridized carbons (Fsp3) is 0.700. The third-order valence-electron chi connectivity index (χ3n) is 2.09. The van der Waals surface area contributed by atoms with Crippen molar-refractivity contribution in [1.29, 1.82) is 5.41 Å². The van der Waals surface area contributed by atoms with E-state index < -0.39 is 5.91 Å². The summed E-state index contributed by atoms with van der Waals surface area (Å²) < 4.78 is 0. The molecule has 92 valence electrons. The van der Waals surface area contributed by atoms with Crippen LogP contribution in [0.1, 0.15) is 26.7 Å². The molecule has 0 bridgehead atoms. The maximum atomic E-state index is 11.4. The molecule has 0 fully saturated rings. The summed E-state index contributed by atoms with van der Waals surface area (Å²) in [5.74, 6) is -0.426. The largest absolute Gasteiger partial charge is 0.374 e. The SMILES string of the molecule is CC(=N)NCCCC(C)C(=O)NCC(N)=O. The average molecular weight is 228 g/mol. The van der Waals surface area contributed by atoms with Gasteiger partial charge in [0, 0.05) is 12.5 Å². The van der Waals surface area contributed by atoms with Crippen LogP contribution in [0, 0.1) is 11.3 Å². The molecule has 0 aliphatic carbocycles. The number of carbonyl (C=O) groups is 2. The predicted octanol–water partition coefficient (Wildman–Crippen LogP) is -0.409. The van der Waals surface area contributed by atoms with E-state index in [0.717, 1.165) is 6.42 Å². The minimum Gasteiger partial charge on any atom is -0.374 e. The van der Waals surface area contributed by atoms with E-state index in [4.69, 9.17) is 11.1 Å². The molecular weight excluding hydrogens is 208 g/mol. The van der Waals surface area contributed by atoms with Gasteiger partial charge in [-0.05, 0) is 19.8 Å². The van der Waals surface area contributed by atoms with Crippen LogP contribution in [0.25, 0.3) is 0 Å². The van der Waals surface area contributed by atoms with Gasteiger partial charge in [0.1, 0.15) is 0 Å². The van der Waals surface area contributed by atoms with Crippen molar-refractivity contribution in [2.24, 2.45) is 11.7 Å². The Morgan fingerprint density at radius 3 is 2.50 bits per heavy atom. The summed E-state index contributed by atoms with van der Waals surface area (Å²) in [4.78, 5) is 21.8. The molecule has 0 saturated carbocycles. The van der Waals surface area contributed by atoms with Gasteiger partial charge in [0.25, 0.3) is 0 Å². The van der Waals surface area contributed by atoms with Gasteiger partial charge in [-0.1, -0.05) is 6.92 Å². The Balaban J connectivity index is 3.62. The second-order valence-electron chi connectivity index (χ2n) is 3.78. The molecule has 1 atom stereocenters. The van der Waals surface area contributed by atoms with Crippen LogP contribution in [-0.2, 0) is 9.59 Å². The Kier molecular flexibility index (Phi) is 6.91. The maximum absolute atomic E-state index is 11.4. The lowest BCUT2D eigenvalue weighted by Crippen LogP contribution is -2.36. The molecule has 0 rings (SSSR count). The first-order chi connectivity index (χ1) is 7.43. The van der Waals surface area contributed by atoms with Gasteiger partial charge in [0.05, 0.1) is 12.4 Å². The number of nitrogens with two attached hydrogens (primary N) is 1. The third kappa shape index (κ3) is 7.78. The van der Waals surface area contributed by atoms with Crippen molar-refractivity contribution in [2.45, 2.75) is 26.7 Å². The monoisotopic (exact) mass is 228 g/mol. The van der Waals surface area contributed by atoms with Gasteiger partial charge < -0.3 is 16.4 Å². The summed E-state index contributed by atoms with van der Waals surface area (Å²) in [6, 6.07) is 0. The van der Waals surface area contributed by atoms with E-state index in [-0.39, 0.29) is 18.4 Å². The highest BCUT2D eigenvalue weighted by atomic mass is 16.2. The van der Waals surface area contributed by atoms with E-state index in [1.165, 1.54) is 0 Å². The zero-order valence-electron chi connectivity index (χ0n) is 9.80. The second-order valence-corrected chi connectivity index (χ2v) is 3.78. The van der Waals surface area contributed by atoms with Crippen LogP contribution in [0.15, 0.2) is 0 Å². The molecular formula is C10H20N4O2. The Labute approximate surface area is 95.5 Å². The van der Waals surface area contributed by atoms with Gasteiger partial charge in [-0.15, -0.1) is 0 Å². The summed E-state index contributed by atoms with van der Waals surface area (Å²) in [5.41, 5.74) is 4.91. The van der Waals surface area contributed by atoms with E-state index in [2.05, 4.69) is 10.6 Å². The number of hydrogen-bond acceptors (Lipinski definition) is 3. The van der Waals surface area contributed by atoms with E-state index in [9.17, 15) is 9.59 Å². The molecule has 0 aromatic heterocycles. The van der Waals surface area contributed by atoms with Crippen LogP contribution in [0.3, 0.4) is 0 Å². The Bertz CT molecular complexity index is 266. The van der Waals surface area contributed by atoms with Crippen LogP contribution in [0.4, 0.5) is 0 Å². The van der Waals surface area contributed by atoms with Gasteiger partial charge >= 0.3 is 0 Å². The number of nitrogens with one attached hydrogen (secondary N) is 3. The first-order valence-electron chi connectivity index (χ1n) is 5.28. The molecule has 5 N–H and O–H groups in total. The standard InChI is InChI=1S/C10H20N4O2/c1-7(4-3-5-13-8(2)11)10(16)14-6-9(12)15/h7H,3-6H2,1-2H3,(H2,11,13)(H2,12,15)(H,14,16). The minimum absolute atomic E-state index is 0.110. The lowest BCUT2D eigenvalue weighted by Gasteiger charge is -2.11. The molecule has 0 spiro atoms. The summed E-state index contributed by atoms with van der Waals surface area (Å²) in [7, 11) is 0. The average Bonchev–Trinajstić information content (AvgIpc) is 2.20. The van der Waals surface area contributed by atoms with Crippen molar-refractivity contribution in [2.75, 3.05) is 13.1 Å². The van der Waals surface area contributed by atoms with Crippen molar-refractivity contribution < 1.29 is 9.59 Å². The topological polar surface area (TPSA) is 108 Å². The van der Waals surface area contributed by atoms with E-state index in [1.54, 1.807) is 13.8 Å². The molecule has 2 amide bonds. The maximum Gasteiger partial charge on any atom is 0.236 e. The molecule has 16 heavy (non-hydrogen) atoms. The van der Waals surface area contributed by atoms with Crippen LogP contribution < -0.4 is 16.4 Å². The van der Waals surface area contributed by atoms with Crippen molar-refractivity contribution in [3.05, 3.63) is 0 Å². The first-order valence-corrected chi connectivity index (χ1v) is 5.28. The molecule has 6 nitrogen and oxygen atoms in total. The summed E-state index contributed by atoms with van der Waals surface area (Å²) >= 11 is 0. The highest BCUT2D eigenvalue weighted by Crippen LogP contribution is 2.04. The highest BCUT2D eigenvalue weighted by molar-refractivity contribution is 5.84. The van der Waals surface area contributed by atoms with Gasteiger partial charge in [-0.2, -0.15) is 0 Å². The zero-order valence-corrected chi connectivity index (χ0v) is 9.80. The van der Waals surface area contributed by atoms with Gasteiger partial charge in [-0.3, -0.25) is 15.0 Å². The van der Waals surface area contributed by atoms with Gasteiger partial charge in [-0.25, -0.2) is 0 Å². The van der Waals surface area contributed by atoms with Gasteiger partial charge in [0.15, 0.2) is 0 Å². The Morgan fingerprint density at radius 2 is 2.00 bits per heavy atom. The highest BCUT2D eigenvalue weighted by Gasteiger charge is 2.12. The fourth-order valence-electron chi connectivity index (χ4n) is 1.16. The van der Waals surface area contributed by atoms with Crippen molar-refractivity contribution in [3.63, 3.8) is 0 Å². The number of amidine groups is 1. The van der Waals surface area contributed by atoms with Crippen LogP contribution in [-0.4, -0.2) is 30.7 Å². The summed E-state index contributed by atoms with van der Waals surface area (Å²) in [6.45, 7) is 4.04. The van der Waals surface area contributed by atoms with Crippen LogP contribution >= 0.6 is 0 Å². The van der Waals surface area contributed by atoms with Crippen molar-refractivity contribution in [3.8, 4) is 0 Å². The molecule has 0 aliphatic rings. The predicted molar refractivity (Wildman–Crippen MR) is 62.0 cm³/mol. The zero-order chi connectivity index (χ0) is 12.6. The quantitative estimate of drug-likeness (QED) is 0.270. The number of hydrogen-bond donors (Lipinski definition) is 4. The molecule has 0 heterocycles. The van der Waals surface area contributed by atoms with Crippen LogP contribution in [0.5, 0.6) is 0 Å². The van der Waals surface area contributed by atoms with Crippen molar-refractivity contribution in [1.82, 2.24) is 10.6 Å². The Hall–Kier alpha value is -1.59. The molecule has 1 unspecified atom stereocenters. The molecule has 0 aromatic carbocycles. The minimum atomic E-state index is -0.540. The lowest BCUT2D eigenvalue weighted by molar-refractivity contribution is -0.127. The second kappa shape index (κ2) is 7.67. The van der Waals surface area contributed by atoms with Crippen molar-refractivity contribution >= 4 is 17.6 Å². The molecule has 0 aliphatic heterocycles. The number of carbonyl (C=O) groups excluding carboxylic acids is 2. The van der Waals surface area contributed by atoms with Gasteiger partial charge in [0.2, 0.25) is 11.8 Å². The number of rotatable bonds is 7. The molecule has 0 saturated heterocycles. The smallest absolute Gasteiger partial charge is 0.236 e. The lowest BCUT2D eigenvalue weighted by atomic mass is 10.0. The molecule has 0 aromatic rings. The van der Waals surface area contributed by atoms with E-state index >= 15 is 0 Å². The fourth-order valence-corrected chi connectivity index (χ4v) is 1.16. The normalized spacial score (nSPS) is 11.6.